The summed E-state index contributed by atoms with van der Waals surface area (Å²) in [4.78, 5) is 0. The largest absolute Gasteiger partial charge is 0.247 e. The Morgan fingerprint density at radius 2 is 1.85 bits per heavy atom. The number of hydrogen-bond donors (Lipinski definition) is 1. The molecule has 1 atom stereocenters. The molecule has 0 fully saturated rings. The van der Waals surface area contributed by atoms with Crippen LogP contribution in [0, 0.1) is 0 Å². The number of unbranched alkanes of at least 4 members (excludes halogenated alkanes) is 4. The van der Waals surface area contributed by atoms with Gasteiger partial charge in [-0.25, -0.2) is 13.6 Å². The van der Waals surface area contributed by atoms with Gasteiger partial charge in [-0.1, -0.05) is 46.5 Å². The fourth-order valence-corrected chi connectivity index (χ4v) is 4.62. The van der Waals surface area contributed by atoms with Gasteiger partial charge in [0, 0.05) is 0 Å². The van der Waals surface area contributed by atoms with Crippen LogP contribution in [-0.4, -0.2) is 8.42 Å². The van der Waals surface area contributed by atoms with E-state index in [1.807, 2.05) is 5.38 Å². The van der Waals surface area contributed by atoms with Crippen molar-refractivity contribution in [3.05, 3.63) is 16.5 Å². The van der Waals surface area contributed by atoms with Crippen molar-refractivity contribution >= 4 is 21.4 Å². The minimum Gasteiger partial charge on any atom is -0.224 e. The van der Waals surface area contributed by atoms with Crippen LogP contribution >= 0.6 is 11.3 Å². The van der Waals surface area contributed by atoms with Crippen LogP contribution in [0.3, 0.4) is 0 Å². The number of hydrogen-bond acceptors (Lipinski definition) is 3. The molecule has 0 bridgehead atoms. The topological polar surface area (TPSA) is 60.2 Å². The average Bonchev–Trinajstić information content (AvgIpc) is 2.81. The SMILES string of the molecule is CCCCCCCc1c(C(C)CC)csc1S(N)(=O)=O. The third-order valence-electron chi connectivity index (χ3n) is 3.82. The van der Waals surface area contributed by atoms with E-state index in [0.717, 1.165) is 31.2 Å². The minimum absolute atomic E-state index is 0.378. The molecular weight excluding hydrogens is 290 g/mol. The third-order valence-corrected chi connectivity index (χ3v) is 6.40. The zero-order valence-electron chi connectivity index (χ0n) is 12.8. The highest BCUT2D eigenvalue weighted by Crippen LogP contribution is 2.34. The third kappa shape index (κ3) is 4.86. The molecule has 0 aliphatic carbocycles. The molecule has 116 valence electrons. The molecule has 1 aromatic rings. The second-order valence-electron chi connectivity index (χ2n) is 5.48. The summed E-state index contributed by atoms with van der Waals surface area (Å²) < 4.78 is 23.8. The van der Waals surface area contributed by atoms with Crippen LogP contribution in [-0.2, 0) is 16.4 Å². The Morgan fingerprint density at radius 1 is 1.20 bits per heavy atom. The lowest BCUT2D eigenvalue weighted by Crippen LogP contribution is -2.13. The van der Waals surface area contributed by atoms with E-state index in [-0.39, 0.29) is 0 Å². The fraction of sp³-hybridized carbons (Fsp3) is 0.733. The highest BCUT2D eigenvalue weighted by molar-refractivity contribution is 7.91. The van der Waals surface area contributed by atoms with Crippen LogP contribution in [0.1, 0.15) is 76.3 Å². The average molecular weight is 318 g/mol. The Kier molecular flexibility index (Phi) is 7.20. The molecule has 0 amide bonds. The zero-order valence-corrected chi connectivity index (χ0v) is 14.4. The summed E-state index contributed by atoms with van der Waals surface area (Å²) in [6.07, 6.45) is 7.76. The minimum atomic E-state index is -3.58. The molecular formula is C15H27NO2S2. The first-order valence-electron chi connectivity index (χ1n) is 7.54. The molecule has 5 heteroatoms. The van der Waals surface area contributed by atoms with E-state index in [2.05, 4.69) is 20.8 Å². The van der Waals surface area contributed by atoms with Crippen molar-refractivity contribution in [2.45, 2.75) is 75.8 Å². The lowest BCUT2D eigenvalue weighted by Gasteiger charge is -2.11. The summed E-state index contributed by atoms with van der Waals surface area (Å²) in [5.41, 5.74) is 2.15. The van der Waals surface area contributed by atoms with E-state index in [4.69, 9.17) is 5.14 Å². The second kappa shape index (κ2) is 8.15. The van der Waals surface area contributed by atoms with Crippen molar-refractivity contribution < 1.29 is 8.42 Å². The van der Waals surface area contributed by atoms with E-state index < -0.39 is 10.0 Å². The first kappa shape index (κ1) is 17.7. The number of primary sulfonamides is 1. The maximum atomic E-state index is 11.7. The zero-order chi connectivity index (χ0) is 15.2. The summed E-state index contributed by atoms with van der Waals surface area (Å²) in [5, 5.41) is 7.33. The normalized spacial score (nSPS) is 13.6. The van der Waals surface area contributed by atoms with Crippen molar-refractivity contribution in [2.24, 2.45) is 5.14 Å². The molecule has 3 nitrogen and oxygen atoms in total. The van der Waals surface area contributed by atoms with Gasteiger partial charge in [0.15, 0.2) is 0 Å². The molecule has 1 heterocycles. The lowest BCUT2D eigenvalue weighted by atomic mass is 9.95. The Hall–Kier alpha value is -0.390. The van der Waals surface area contributed by atoms with E-state index in [1.54, 1.807) is 0 Å². The van der Waals surface area contributed by atoms with Gasteiger partial charge in [0.25, 0.3) is 0 Å². The van der Waals surface area contributed by atoms with Crippen LogP contribution < -0.4 is 5.14 Å². The van der Waals surface area contributed by atoms with Gasteiger partial charge in [0.05, 0.1) is 0 Å². The molecule has 1 unspecified atom stereocenters. The van der Waals surface area contributed by atoms with Gasteiger partial charge in [-0.3, -0.25) is 0 Å². The molecule has 0 aliphatic rings. The van der Waals surface area contributed by atoms with Crippen LogP contribution in [0.15, 0.2) is 9.59 Å². The molecule has 0 aliphatic heterocycles. The molecule has 2 N–H and O–H groups in total. The van der Waals surface area contributed by atoms with Crippen molar-refractivity contribution in [2.75, 3.05) is 0 Å². The first-order valence-corrected chi connectivity index (χ1v) is 9.97. The Morgan fingerprint density at radius 3 is 2.40 bits per heavy atom. The molecule has 0 aromatic carbocycles. The molecule has 20 heavy (non-hydrogen) atoms. The molecule has 0 saturated heterocycles. The molecule has 0 spiro atoms. The standard InChI is InChI=1S/C15H27NO2S2/c1-4-6-7-8-9-10-13-14(12(3)5-2)11-19-15(13)20(16,17)18/h11-12H,4-10H2,1-3H3,(H2,16,17,18). The van der Waals surface area contributed by atoms with Crippen LogP contribution in [0.25, 0.3) is 0 Å². The quantitative estimate of drug-likeness (QED) is 0.685. The van der Waals surface area contributed by atoms with Crippen molar-refractivity contribution in [1.82, 2.24) is 0 Å². The van der Waals surface area contributed by atoms with Gasteiger partial charge < -0.3 is 0 Å². The summed E-state index contributed by atoms with van der Waals surface area (Å²) in [6.45, 7) is 6.47. The maximum Gasteiger partial charge on any atom is 0.247 e. The van der Waals surface area contributed by atoms with Crippen LogP contribution in [0.4, 0.5) is 0 Å². The fourth-order valence-electron chi connectivity index (χ4n) is 2.40. The van der Waals surface area contributed by atoms with Gasteiger partial charge in [-0.15, -0.1) is 11.3 Å². The van der Waals surface area contributed by atoms with Gasteiger partial charge >= 0.3 is 0 Å². The van der Waals surface area contributed by atoms with Crippen molar-refractivity contribution in [1.29, 1.82) is 0 Å². The predicted molar refractivity (Wildman–Crippen MR) is 86.9 cm³/mol. The van der Waals surface area contributed by atoms with Gasteiger partial charge in [-0.05, 0) is 41.7 Å². The van der Waals surface area contributed by atoms with Crippen LogP contribution in [0.5, 0.6) is 0 Å². The summed E-state index contributed by atoms with van der Waals surface area (Å²) >= 11 is 1.28. The maximum absolute atomic E-state index is 11.7. The van der Waals surface area contributed by atoms with E-state index >= 15 is 0 Å². The summed E-state index contributed by atoms with van der Waals surface area (Å²) in [7, 11) is -3.58. The van der Waals surface area contributed by atoms with E-state index in [1.165, 1.54) is 36.2 Å². The summed E-state index contributed by atoms with van der Waals surface area (Å²) in [5.74, 6) is 0.396. The number of thiophene rings is 1. The van der Waals surface area contributed by atoms with Crippen molar-refractivity contribution in [3.63, 3.8) is 0 Å². The van der Waals surface area contributed by atoms with Gasteiger partial charge in [0.1, 0.15) is 4.21 Å². The highest BCUT2D eigenvalue weighted by atomic mass is 32.2. The highest BCUT2D eigenvalue weighted by Gasteiger charge is 2.21. The first-order chi connectivity index (χ1) is 9.41. The smallest absolute Gasteiger partial charge is 0.224 e. The Balaban J connectivity index is 2.86. The Bertz CT molecular complexity index is 506. The number of sulfonamides is 1. The molecule has 0 saturated carbocycles. The predicted octanol–water partition coefficient (Wildman–Crippen LogP) is 4.42. The number of rotatable bonds is 9. The molecule has 1 rings (SSSR count). The molecule has 1 aromatic heterocycles. The van der Waals surface area contributed by atoms with Crippen LogP contribution in [0.2, 0.25) is 0 Å². The molecule has 0 radical (unpaired) electrons. The van der Waals surface area contributed by atoms with E-state index in [9.17, 15) is 8.42 Å². The summed E-state index contributed by atoms with van der Waals surface area (Å²) in [6, 6.07) is 0. The van der Waals surface area contributed by atoms with Gasteiger partial charge in [-0.2, -0.15) is 0 Å². The van der Waals surface area contributed by atoms with Gasteiger partial charge in [0.2, 0.25) is 10.0 Å². The lowest BCUT2D eigenvalue weighted by molar-refractivity contribution is 0.595. The number of nitrogens with two attached hydrogens (primary N) is 1. The Labute approximate surface area is 127 Å². The second-order valence-corrected chi connectivity index (χ2v) is 8.11. The van der Waals surface area contributed by atoms with Crippen molar-refractivity contribution in [3.8, 4) is 0 Å². The van der Waals surface area contributed by atoms with E-state index in [0.29, 0.717) is 10.1 Å². The monoisotopic (exact) mass is 317 g/mol.